The van der Waals surface area contributed by atoms with E-state index in [9.17, 15) is 0 Å². The normalized spacial score (nSPS) is 23.1. The van der Waals surface area contributed by atoms with Gasteiger partial charge in [0.2, 0.25) is 0 Å². The van der Waals surface area contributed by atoms with Crippen molar-refractivity contribution < 1.29 is 0 Å². The highest BCUT2D eigenvalue weighted by molar-refractivity contribution is 7.86. The number of hydrogen-bond donors (Lipinski definition) is 0. The third-order valence-corrected chi connectivity index (χ3v) is 9.20. The fourth-order valence-electron chi connectivity index (χ4n) is 3.47. The maximum absolute atomic E-state index is 2.55. The molecule has 114 valence electrons. The molecule has 0 fully saturated rings. The molecular formula is C21H26P+. The van der Waals surface area contributed by atoms with E-state index in [0.717, 1.165) is 5.92 Å². The summed E-state index contributed by atoms with van der Waals surface area (Å²) in [6.45, 7) is 2.55. The van der Waals surface area contributed by atoms with Crippen LogP contribution in [0.25, 0.3) is 0 Å². The molecule has 0 saturated heterocycles. The molecule has 1 aromatic rings. The second-order valence-electron chi connectivity index (χ2n) is 6.47. The SMILES string of the molecule is C[P+](CCC1C=CC=CC1)(C1=CC=CCC1)c1ccccc1. The van der Waals surface area contributed by atoms with Gasteiger partial charge >= 0.3 is 0 Å². The highest BCUT2D eigenvalue weighted by Gasteiger charge is 2.39. The molecule has 2 atom stereocenters. The molecule has 0 heterocycles. The lowest BCUT2D eigenvalue weighted by atomic mass is 9.98. The zero-order valence-electron chi connectivity index (χ0n) is 13.5. The van der Waals surface area contributed by atoms with Crippen LogP contribution in [0.5, 0.6) is 0 Å². The standard InChI is InChI=1S/C21H26P/c1-22(20-13-7-3-8-14-20,21-15-9-4-10-16-21)18-17-19-11-5-2-6-12-19/h2-9,11,13-15,19H,10,12,16-18H2,1H3/q+1. The lowest BCUT2D eigenvalue weighted by molar-refractivity contribution is 0.636. The van der Waals surface area contributed by atoms with E-state index in [1.165, 1.54) is 31.8 Å². The predicted octanol–water partition coefficient (Wildman–Crippen LogP) is 5.72. The summed E-state index contributed by atoms with van der Waals surface area (Å²) in [5, 5.41) is 3.28. The lowest BCUT2D eigenvalue weighted by Crippen LogP contribution is -2.17. The van der Waals surface area contributed by atoms with Gasteiger partial charge in [0.15, 0.2) is 0 Å². The van der Waals surface area contributed by atoms with Crippen LogP contribution in [0.15, 0.2) is 78.2 Å². The molecule has 0 N–H and O–H groups in total. The van der Waals surface area contributed by atoms with Crippen molar-refractivity contribution in [1.82, 2.24) is 0 Å². The number of allylic oxidation sites excluding steroid dienone is 8. The summed E-state index contributed by atoms with van der Waals surface area (Å²) >= 11 is 0. The molecule has 1 aromatic carbocycles. The topological polar surface area (TPSA) is 0 Å². The summed E-state index contributed by atoms with van der Waals surface area (Å²) in [4.78, 5) is 0. The van der Waals surface area contributed by atoms with Gasteiger partial charge in [-0.05, 0) is 43.4 Å². The van der Waals surface area contributed by atoms with Crippen LogP contribution in [0.2, 0.25) is 0 Å². The Kier molecular flexibility index (Phi) is 5.11. The van der Waals surface area contributed by atoms with Gasteiger partial charge in [0.05, 0.1) is 30.7 Å². The second-order valence-corrected chi connectivity index (χ2v) is 10.4. The fourth-order valence-corrected chi connectivity index (χ4v) is 7.06. The third-order valence-electron chi connectivity index (χ3n) is 4.97. The van der Waals surface area contributed by atoms with Gasteiger partial charge in [-0.3, -0.25) is 0 Å². The minimum atomic E-state index is -1.21. The highest BCUT2D eigenvalue weighted by Crippen LogP contribution is 2.64. The summed E-state index contributed by atoms with van der Waals surface area (Å²) in [5.74, 6) is 0.729. The Morgan fingerprint density at radius 2 is 1.91 bits per heavy atom. The molecule has 2 aliphatic rings. The summed E-state index contributed by atoms with van der Waals surface area (Å²) in [6, 6.07) is 11.2. The van der Waals surface area contributed by atoms with Gasteiger partial charge in [-0.2, -0.15) is 0 Å². The van der Waals surface area contributed by atoms with Crippen molar-refractivity contribution in [3.05, 3.63) is 78.2 Å². The van der Waals surface area contributed by atoms with Gasteiger partial charge in [-0.15, -0.1) is 0 Å². The molecular weight excluding hydrogens is 283 g/mol. The molecule has 1 heteroatoms. The van der Waals surface area contributed by atoms with Crippen LogP contribution >= 0.6 is 7.26 Å². The number of benzene rings is 1. The van der Waals surface area contributed by atoms with E-state index in [1.54, 1.807) is 10.6 Å². The maximum Gasteiger partial charge on any atom is 0.0985 e. The number of hydrogen-bond acceptors (Lipinski definition) is 0. The Balaban J connectivity index is 1.83. The van der Waals surface area contributed by atoms with E-state index in [2.05, 4.69) is 79.5 Å². The third kappa shape index (κ3) is 3.50. The van der Waals surface area contributed by atoms with Gasteiger partial charge in [0, 0.05) is 6.42 Å². The Morgan fingerprint density at radius 1 is 1.05 bits per heavy atom. The van der Waals surface area contributed by atoms with Gasteiger partial charge in [0.1, 0.15) is 0 Å². The molecule has 0 aliphatic heterocycles. The van der Waals surface area contributed by atoms with Crippen molar-refractivity contribution >= 4 is 12.6 Å². The fraction of sp³-hybridized carbons (Fsp3) is 0.333. The van der Waals surface area contributed by atoms with Crippen LogP contribution in [0.4, 0.5) is 0 Å². The highest BCUT2D eigenvalue weighted by atomic mass is 31.2. The van der Waals surface area contributed by atoms with Crippen LogP contribution in [0.3, 0.4) is 0 Å². The van der Waals surface area contributed by atoms with Gasteiger partial charge < -0.3 is 0 Å². The average molecular weight is 309 g/mol. The zero-order chi connectivity index (χ0) is 15.3. The van der Waals surface area contributed by atoms with Gasteiger partial charge in [0.25, 0.3) is 0 Å². The van der Waals surface area contributed by atoms with Crippen molar-refractivity contribution in [2.75, 3.05) is 12.8 Å². The van der Waals surface area contributed by atoms with Crippen LogP contribution in [-0.4, -0.2) is 12.8 Å². The molecule has 0 aromatic heterocycles. The van der Waals surface area contributed by atoms with Crippen molar-refractivity contribution in [2.45, 2.75) is 25.7 Å². The largest absolute Gasteiger partial charge is 0.0985 e. The average Bonchev–Trinajstić information content (AvgIpc) is 2.62. The van der Waals surface area contributed by atoms with Crippen molar-refractivity contribution in [3.63, 3.8) is 0 Å². The molecule has 0 radical (unpaired) electrons. The first-order valence-corrected chi connectivity index (χ1v) is 10.8. The Bertz CT molecular complexity index is 606. The number of rotatable bonds is 5. The van der Waals surface area contributed by atoms with E-state index in [-0.39, 0.29) is 0 Å². The predicted molar refractivity (Wildman–Crippen MR) is 101 cm³/mol. The van der Waals surface area contributed by atoms with Crippen molar-refractivity contribution in [3.8, 4) is 0 Å². The summed E-state index contributed by atoms with van der Waals surface area (Å²) in [6.07, 6.45) is 22.4. The Labute approximate surface area is 135 Å². The molecule has 0 nitrogen and oxygen atoms in total. The summed E-state index contributed by atoms with van der Waals surface area (Å²) < 4.78 is 0. The van der Waals surface area contributed by atoms with Gasteiger partial charge in [-0.25, -0.2) is 0 Å². The summed E-state index contributed by atoms with van der Waals surface area (Å²) in [5.41, 5.74) is 0. The Hall–Kier alpha value is -1.39. The lowest BCUT2D eigenvalue weighted by Gasteiger charge is -2.28. The van der Waals surface area contributed by atoms with Crippen LogP contribution < -0.4 is 5.30 Å². The first-order chi connectivity index (χ1) is 10.8. The first-order valence-electron chi connectivity index (χ1n) is 8.40. The second kappa shape index (κ2) is 7.25. The quantitative estimate of drug-likeness (QED) is 0.611. The monoisotopic (exact) mass is 309 g/mol. The molecule has 2 aliphatic carbocycles. The molecule has 0 saturated carbocycles. The van der Waals surface area contributed by atoms with E-state index in [1.807, 2.05) is 0 Å². The zero-order valence-corrected chi connectivity index (χ0v) is 14.4. The Morgan fingerprint density at radius 3 is 2.59 bits per heavy atom. The van der Waals surface area contributed by atoms with E-state index in [0.29, 0.717) is 0 Å². The maximum atomic E-state index is 2.55. The molecule has 22 heavy (non-hydrogen) atoms. The van der Waals surface area contributed by atoms with Crippen molar-refractivity contribution in [1.29, 1.82) is 0 Å². The molecule has 0 bridgehead atoms. The molecule has 0 spiro atoms. The first kappa shape index (κ1) is 15.5. The van der Waals surface area contributed by atoms with Crippen LogP contribution in [0.1, 0.15) is 25.7 Å². The van der Waals surface area contributed by atoms with Gasteiger partial charge in [-0.1, -0.05) is 54.7 Å². The minimum absolute atomic E-state index is 0.729. The smallest absolute Gasteiger partial charge is 0.0840 e. The minimum Gasteiger partial charge on any atom is -0.0840 e. The van der Waals surface area contributed by atoms with Crippen LogP contribution in [-0.2, 0) is 0 Å². The summed E-state index contributed by atoms with van der Waals surface area (Å²) in [7, 11) is -1.21. The molecule has 2 unspecified atom stereocenters. The molecule has 0 amide bonds. The van der Waals surface area contributed by atoms with E-state index < -0.39 is 7.26 Å². The molecule has 3 rings (SSSR count). The van der Waals surface area contributed by atoms with E-state index >= 15 is 0 Å². The van der Waals surface area contributed by atoms with E-state index in [4.69, 9.17) is 0 Å². The van der Waals surface area contributed by atoms with Crippen LogP contribution in [0, 0.1) is 5.92 Å². The van der Waals surface area contributed by atoms with Crippen molar-refractivity contribution in [2.24, 2.45) is 5.92 Å².